The van der Waals surface area contributed by atoms with Crippen LogP contribution in [-0.2, 0) is 21.5 Å². The van der Waals surface area contributed by atoms with Crippen LogP contribution < -0.4 is 10.6 Å². The van der Waals surface area contributed by atoms with Crippen molar-refractivity contribution in [2.75, 3.05) is 14.1 Å². The average Bonchev–Trinajstić information content (AvgIpc) is 3.33. The SMILES string of the molecule is CC(CCc1ccccc1)NC(=O)CCC(=O)NC1CCC(c2cccs2)(N(C)C)CC1. The van der Waals surface area contributed by atoms with Gasteiger partial charge in [-0.2, -0.15) is 0 Å². The van der Waals surface area contributed by atoms with Gasteiger partial charge in [0.2, 0.25) is 11.8 Å². The van der Waals surface area contributed by atoms with Gasteiger partial charge in [0.25, 0.3) is 0 Å². The third-order valence-corrected chi connectivity index (χ3v) is 7.77. The fourth-order valence-electron chi connectivity index (χ4n) is 4.67. The van der Waals surface area contributed by atoms with Crippen LogP contribution in [0.5, 0.6) is 0 Å². The number of aryl methyl sites for hydroxylation is 1. The third kappa shape index (κ3) is 6.66. The van der Waals surface area contributed by atoms with Gasteiger partial charge in [-0.3, -0.25) is 14.5 Å². The van der Waals surface area contributed by atoms with Gasteiger partial charge in [-0.25, -0.2) is 0 Å². The molecular formula is C26H37N3O2S. The quantitative estimate of drug-likeness (QED) is 0.555. The number of hydrogen-bond donors (Lipinski definition) is 2. The highest BCUT2D eigenvalue weighted by Crippen LogP contribution is 2.42. The van der Waals surface area contributed by atoms with Crippen LogP contribution in [0, 0.1) is 0 Å². The molecule has 3 rings (SSSR count). The fourth-order valence-corrected chi connectivity index (χ4v) is 5.74. The lowest BCUT2D eigenvalue weighted by molar-refractivity contribution is -0.127. The summed E-state index contributed by atoms with van der Waals surface area (Å²) in [5, 5.41) is 8.33. The summed E-state index contributed by atoms with van der Waals surface area (Å²) in [5.41, 5.74) is 1.35. The van der Waals surface area contributed by atoms with Crippen molar-refractivity contribution in [1.29, 1.82) is 0 Å². The summed E-state index contributed by atoms with van der Waals surface area (Å²) < 4.78 is 0. The number of thiophene rings is 1. The highest BCUT2D eigenvalue weighted by Gasteiger charge is 2.39. The zero-order valence-electron chi connectivity index (χ0n) is 19.6. The molecule has 2 amide bonds. The molecule has 0 bridgehead atoms. The molecule has 1 heterocycles. The molecule has 1 aliphatic carbocycles. The van der Waals surface area contributed by atoms with Gasteiger partial charge < -0.3 is 10.6 Å². The van der Waals surface area contributed by atoms with Gasteiger partial charge in [0.15, 0.2) is 0 Å². The van der Waals surface area contributed by atoms with E-state index in [2.05, 4.69) is 59.3 Å². The van der Waals surface area contributed by atoms with E-state index in [1.165, 1.54) is 10.4 Å². The Morgan fingerprint density at radius 3 is 2.38 bits per heavy atom. The van der Waals surface area contributed by atoms with Crippen LogP contribution in [0.25, 0.3) is 0 Å². The second-order valence-electron chi connectivity index (χ2n) is 9.24. The van der Waals surface area contributed by atoms with Crippen molar-refractivity contribution in [2.45, 2.75) is 75.9 Å². The molecule has 2 aromatic rings. The van der Waals surface area contributed by atoms with E-state index in [0.717, 1.165) is 38.5 Å². The van der Waals surface area contributed by atoms with Crippen LogP contribution in [0.3, 0.4) is 0 Å². The first kappa shape index (κ1) is 24.5. The van der Waals surface area contributed by atoms with Crippen molar-refractivity contribution in [3.8, 4) is 0 Å². The lowest BCUT2D eigenvalue weighted by Gasteiger charge is -2.44. The summed E-state index contributed by atoms with van der Waals surface area (Å²) in [4.78, 5) is 28.4. The fraction of sp³-hybridized carbons (Fsp3) is 0.538. The third-order valence-electron chi connectivity index (χ3n) is 6.71. The number of carbonyl (C=O) groups is 2. The summed E-state index contributed by atoms with van der Waals surface area (Å²) in [6.45, 7) is 2.02. The summed E-state index contributed by atoms with van der Waals surface area (Å²) in [6, 6.07) is 14.9. The van der Waals surface area contributed by atoms with Gasteiger partial charge in [-0.15, -0.1) is 11.3 Å². The molecule has 5 nitrogen and oxygen atoms in total. The number of carbonyl (C=O) groups excluding carboxylic acids is 2. The summed E-state index contributed by atoms with van der Waals surface area (Å²) >= 11 is 1.82. The first-order chi connectivity index (χ1) is 15.4. The number of nitrogens with one attached hydrogen (secondary N) is 2. The van der Waals surface area contributed by atoms with E-state index in [-0.39, 0.29) is 42.3 Å². The van der Waals surface area contributed by atoms with E-state index in [1.54, 1.807) is 0 Å². The molecule has 1 fully saturated rings. The number of amides is 2. The highest BCUT2D eigenvalue weighted by molar-refractivity contribution is 7.10. The van der Waals surface area contributed by atoms with Crippen molar-refractivity contribution in [1.82, 2.24) is 15.5 Å². The Morgan fingerprint density at radius 2 is 1.75 bits per heavy atom. The van der Waals surface area contributed by atoms with Gasteiger partial charge in [0.1, 0.15) is 0 Å². The van der Waals surface area contributed by atoms with Crippen LogP contribution in [0.1, 0.15) is 62.3 Å². The molecular weight excluding hydrogens is 418 g/mol. The average molecular weight is 456 g/mol. The van der Waals surface area contributed by atoms with Gasteiger partial charge in [0, 0.05) is 29.8 Å². The predicted molar refractivity (Wildman–Crippen MR) is 132 cm³/mol. The molecule has 1 aromatic carbocycles. The van der Waals surface area contributed by atoms with Gasteiger partial charge in [-0.05, 0) is 76.6 Å². The lowest BCUT2D eigenvalue weighted by Crippen LogP contribution is -2.48. The number of nitrogens with zero attached hydrogens (tertiary/aromatic N) is 1. The van der Waals surface area contributed by atoms with Crippen molar-refractivity contribution in [2.24, 2.45) is 0 Å². The molecule has 0 saturated heterocycles. The Balaban J connectivity index is 1.35. The summed E-state index contributed by atoms with van der Waals surface area (Å²) in [7, 11) is 4.30. The summed E-state index contributed by atoms with van der Waals surface area (Å²) in [6.07, 6.45) is 6.31. The second kappa shape index (κ2) is 11.6. The molecule has 0 aliphatic heterocycles. The van der Waals surface area contributed by atoms with Crippen molar-refractivity contribution in [3.63, 3.8) is 0 Å². The lowest BCUT2D eigenvalue weighted by atomic mass is 9.77. The van der Waals surface area contributed by atoms with Crippen LogP contribution in [0.2, 0.25) is 0 Å². The molecule has 0 spiro atoms. The Bertz CT molecular complexity index is 843. The Kier molecular flexibility index (Phi) is 8.88. The molecule has 174 valence electrons. The Hall–Kier alpha value is -2.18. The minimum Gasteiger partial charge on any atom is -0.354 e. The van der Waals surface area contributed by atoms with Crippen LogP contribution in [0.4, 0.5) is 0 Å². The maximum Gasteiger partial charge on any atom is 0.220 e. The number of hydrogen-bond acceptors (Lipinski definition) is 4. The second-order valence-corrected chi connectivity index (χ2v) is 10.2. The van der Waals surface area contributed by atoms with E-state index < -0.39 is 0 Å². The van der Waals surface area contributed by atoms with Crippen molar-refractivity contribution < 1.29 is 9.59 Å². The first-order valence-electron chi connectivity index (χ1n) is 11.7. The molecule has 1 saturated carbocycles. The Morgan fingerprint density at radius 1 is 1.06 bits per heavy atom. The van der Waals surface area contributed by atoms with Gasteiger partial charge >= 0.3 is 0 Å². The summed E-state index contributed by atoms with van der Waals surface area (Å²) in [5.74, 6) is -0.0655. The maximum atomic E-state index is 12.4. The molecule has 32 heavy (non-hydrogen) atoms. The molecule has 1 atom stereocenters. The number of rotatable bonds is 10. The minimum atomic E-state index is -0.0475. The molecule has 0 radical (unpaired) electrons. The molecule has 6 heteroatoms. The highest BCUT2D eigenvalue weighted by atomic mass is 32.1. The molecule has 2 N–H and O–H groups in total. The monoisotopic (exact) mass is 455 g/mol. The van der Waals surface area contributed by atoms with Gasteiger partial charge in [0.05, 0.1) is 5.54 Å². The number of benzene rings is 1. The van der Waals surface area contributed by atoms with Crippen molar-refractivity contribution >= 4 is 23.2 Å². The van der Waals surface area contributed by atoms with Crippen LogP contribution in [-0.4, -0.2) is 42.9 Å². The van der Waals surface area contributed by atoms with E-state index in [4.69, 9.17) is 0 Å². The van der Waals surface area contributed by atoms with Gasteiger partial charge in [-0.1, -0.05) is 36.4 Å². The van der Waals surface area contributed by atoms with E-state index in [9.17, 15) is 9.59 Å². The predicted octanol–water partition coefficient (Wildman–Crippen LogP) is 4.48. The molecule has 1 aliphatic rings. The molecule has 1 unspecified atom stereocenters. The zero-order chi connectivity index (χ0) is 23.0. The molecule has 1 aromatic heterocycles. The van der Waals surface area contributed by atoms with Crippen molar-refractivity contribution in [3.05, 3.63) is 58.3 Å². The Labute approximate surface area is 196 Å². The largest absolute Gasteiger partial charge is 0.354 e. The van der Waals surface area contributed by atoms with E-state index in [1.807, 2.05) is 36.5 Å². The smallest absolute Gasteiger partial charge is 0.220 e. The van der Waals surface area contributed by atoms with E-state index in [0.29, 0.717) is 0 Å². The minimum absolute atomic E-state index is 0.0180. The zero-order valence-corrected chi connectivity index (χ0v) is 20.4. The topological polar surface area (TPSA) is 61.4 Å². The van der Waals surface area contributed by atoms with Crippen LogP contribution >= 0.6 is 11.3 Å². The van der Waals surface area contributed by atoms with Crippen LogP contribution in [0.15, 0.2) is 47.8 Å². The standard InChI is InChI=1S/C26H37N3O2S/c1-20(11-12-21-8-5-4-6-9-21)27-24(30)13-14-25(31)28-22-15-17-26(18-16-22,29(2)3)23-10-7-19-32-23/h4-10,19-20,22H,11-18H2,1-3H3,(H,27,30)(H,28,31). The first-order valence-corrected chi connectivity index (χ1v) is 12.6. The normalized spacial score (nSPS) is 21.8. The van der Waals surface area contributed by atoms with E-state index >= 15 is 0 Å². The maximum absolute atomic E-state index is 12.4.